The van der Waals surface area contributed by atoms with Crippen LogP contribution >= 0.6 is 185 Å². The third-order valence-corrected chi connectivity index (χ3v) is 147. The molecule has 0 saturated heterocycles. The summed E-state index contributed by atoms with van der Waals surface area (Å²) in [5, 5.41) is 0. The Labute approximate surface area is 183 Å². The van der Waals surface area contributed by atoms with E-state index >= 15 is 0 Å². The predicted molar refractivity (Wildman–Crippen MR) is 193 cm³/mol. The Morgan fingerprint density at radius 2 is 0.652 bits per heavy atom. The molecule has 0 aromatic rings. The summed E-state index contributed by atoms with van der Waals surface area (Å²) in [5.74, 6) is 0. The summed E-state index contributed by atoms with van der Waals surface area (Å²) in [6.45, 7) is 0.504. The van der Waals surface area contributed by atoms with Gasteiger partial charge in [-0.3, -0.25) is 8.93 Å². The van der Waals surface area contributed by atoms with Crippen LogP contribution in [0.2, 0.25) is 0 Å². The molecule has 0 fully saturated rings. The molecule has 0 nitrogen and oxygen atoms in total. The Balaban J connectivity index is 6.12. The van der Waals surface area contributed by atoms with E-state index in [1.54, 1.807) is 0 Å². The second-order valence-corrected chi connectivity index (χ2v) is 92.0. The van der Waals surface area contributed by atoms with Crippen LogP contribution in [-0.4, -0.2) is 0 Å². The van der Waals surface area contributed by atoms with Crippen LogP contribution in [0.25, 0.3) is 0 Å². The van der Waals surface area contributed by atoms with E-state index in [9.17, 15) is 0 Å². The van der Waals surface area contributed by atoms with Gasteiger partial charge in [0.2, 0.25) is 0 Å². The van der Waals surface area contributed by atoms with E-state index in [4.69, 9.17) is 0 Å². The standard InChI is InChI=1S/H24P23/c1-13-19(12)22(18(10)11)23(20(14(2)3)15(4)5)21(16(6)7)17(8)9/h1-12H2/q-1. The summed E-state index contributed by atoms with van der Waals surface area (Å²) in [6, 6.07) is 0. The van der Waals surface area contributed by atoms with E-state index in [1.165, 1.54) is 7.96 Å². The van der Waals surface area contributed by atoms with Crippen LogP contribution in [0.1, 0.15) is 0 Å². The van der Waals surface area contributed by atoms with Gasteiger partial charge in [-0.25, -0.2) is 6.99 Å². The lowest BCUT2D eigenvalue weighted by atomic mass is 28.5. The quantitative estimate of drug-likeness (QED) is 0.196. The average Bonchev–Trinajstić information content (AvgIpc) is 2.36. The lowest BCUT2D eigenvalue weighted by molar-refractivity contribution is 4.47. The van der Waals surface area contributed by atoms with E-state index < -0.39 is 0 Å². The first kappa shape index (κ1) is 32.9. The van der Waals surface area contributed by atoms with E-state index in [1.807, 2.05) is 0 Å². The van der Waals surface area contributed by atoms with Crippen molar-refractivity contribution in [2.75, 3.05) is 0 Å². The zero-order chi connectivity index (χ0) is 18.5. The Bertz CT molecular complexity index is 261. The molecule has 0 spiro atoms. The highest BCUT2D eigenvalue weighted by atomic mass is 33.4. The molecule has 0 N–H and O–H groups in total. The van der Waals surface area contributed by atoms with Crippen LogP contribution in [-0.2, 0) is 0 Å². The van der Waals surface area contributed by atoms with Gasteiger partial charge in [0, 0.05) is 0 Å². The Hall–Kier alpha value is 9.89. The fourth-order valence-corrected chi connectivity index (χ4v) is 279. The molecule has 0 rings (SSSR count). The smallest absolute Gasteiger partial charge is 0.00321 e. The molecule has 14 atom stereocenters. The highest BCUT2D eigenvalue weighted by Crippen LogP contribution is 3.33. The predicted octanol–water partition coefficient (Wildman–Crippen LogP) is 13.4. The van der Waals surface area contributed by atoms with Gasteiger partial charge in [-0.2, -0.15) is 0 Å². The van der Waals surface area contributed by atoms with Crippen molar-refractivity contribution in [2.45, 2.75) is 0 Å². The summed E-state index contributed by atoms with van der Waals surface area (Å²) in [4.78, 5) is 0. The van der Waals surface area contributed by atoms with Crippen molar-refractivity contribution >= 4 is 185 Å². The molecule has 23 heavy (non-hydrogen) atoms. The van der Waals surface area contributed by atoms with Gasteiger partial charge in [-0.05, 0) is 62.9 Å². The zero-order valence-corrected chi connectivity index (χ0v) is 35.5. The van der Waals surface area contributed by atoms with E-state index in [0.29, 0.717) is 0 Å². The van der Waals surface area contributed by atoms with Gasteiger partial charge in [0.15, 0.2) is 0 Å². The third-order valence-electron chi connectivity index (χ3n) is 1.81. The number of hydrogen-bond donors (Lipinski definition) is 0. The molecule has 0 aliphatic rings. The molecule has 0 aromatic carbocycles. The maximum absolute atomic E-state index is 3.27. The maximum Gasteiger partial charge on any atom is -0.00321 e. The monoisotopic (exact) mass is 737 g/mol. The molecular formula is H24P23-. The molecule has 0 aliphatic carbocycles. The lowest BCUT2D eigenvalue weighted by Crippen LogP contribution is -1.59. The number of rotatable bonds is 10. The fourth-order valence-electron chi connectivity index (χ4n) is 1.15. The van der Waals surface area contributed by atoms with Gasteiger partial charge in [-0.15, -0.1) is 98.2 Å². The summed E-state index contributed by atoms with van der Waals surface area (Å²) < 4.78 is 0. The second kappa shape index (κ2) is 18.2. The van der Waals surface area contributed by atoms with Crippen molar-refractivity contribution in [3.05, 3.63) is 0 Å². The molecule has 0 heterocycles. The van der Waals surface area contributed by atoms with Crippen LogP contribution in [0.15, 0.2) is 0 Å². The van der Waals surface area contributed by atoms with Gasteiger partial charge >= 0.3 is 0 Å². The van der Waals surface area contributed by atoms with Gasteiger partial charge < -0.3 is 7.96 Å². The summed E-state index contributed by atoms with van der Waals surface area (Å²) in [6.07, 6.45) is 0. The summed E-state index contributed by atoms with van der Waals surface area (Å²) in [7, 11) is 39.8. The van der Waals surface area contributed by atoms with Gasteiger partial charge in [0.1, 0.15) is 0 Å². The summed E-state index contributed by atoms with van der Waals surface area (Å²) in [5.41, 5.74) is 0. The minimum absolute atomic E-state index is 0.00156. The van der Waals surface area contributed by atoms with Crippen molar-refractivity contribution in [1.29, 1.82) is 0 Å². The van der Waals surface area contributed by atoms with Crippen molar-refractivity contribution in [3.63, 3.8) is 0 Å². The molecule has 0 bridgehead atoms. The van der Waals surface area contributed by atoms with Gasteiger partial charge in [0.25, 0.3) is 0 Å². The Morgan fingerprint density at radius 1 is 0.391 bits per heavy atom. The minimum Gasteiger partial charge on any atom is -0.472 e. The van der Waals surface area contributed by atoms with Crippen molar-refractivity contribution < 1.29 is 0 Å². The van der Waals surface area contributed by atoms with Crippen LogP contribution in [0.4, 0.5) is 0 Å². The topological polar surface area (TPSA) is 0 Å². The minimum atomic E-state index is 0.00156. The molecule has 14 unspecified atom stereocenters. The first-order chi connectivity index (χ1) is 10.5. The first-order valence-electron chi connectivity index (χ1n) is 5.10. The largest absolute Gasteiger partial charge is 0.472 e. The van der Waals surface area contributed by atoms with Gasteiger partial charge in [-0.1, -0.05) is 0 Å². The van der Waals surface area contributed by atoms with Crippen molar-refractivity contribution in [2.24, 2.45) is 0 Å². The molecule has 0 aliphatic heterocycles. The second-order valence-electron chi connectivity index (χ2n) is 3.41. The molecule has 140 valence electrons. The number of hydrogen-bond acceptors (Lipinski definition) is 0. The Kier molecular flexibility index (Phi) is 26.0. The van der Waals surface area contributed by atoms with Crippen LogP contribution < -0.4 is 0 Å². The first-order valence-corrected chi connectivity index (χ1v) is 45.9. The van der Waals surface area contributed by atoms with Crippen LogP contribution in [0.5, 0.6) is 0 Å². The molecule has 23 heteroatoms. The van der Waals surface area contributed by atoms with Crippen molar-refractivity contribution in [3.8, 4) is 0 Å². The Morgan fingerprint density at radius 3 is 0.826 bits per heavy atom. The lowest BCUT2D eigenvalue weighted by Gasteiger charge is -2.51. The third kappa shape index (κ3) is 12.4. The van der Waals surface area contributed by atoms with Crippen LogP contribution in [0.3, 0.4) is 0 Å². The normalized spacial score (nSPS) is 16.7. The molecule has 0 amide bonds. The molecule has 0 radical (unpaired) electrons. The highest BCUT2D eigenvalue weighted by molar-refractivity contribution is 9.39. The summed E-state index contributed by atoms with van der Waals surface area (Å²) >= 11 is 0. The maximum atomic E-state index is 3.27. The van der Waals surface area contributed by atoms with Gasteiger partial charge in [0.05, 0.1) is 0 Å². The van der Waals surface area contributed by atoms with E-state index in [0.717, 1.165) is 0 Å². The average molecular weight is 737 g/mol. The molecule has 0 aromatic heterocycles. The molecular weight excluding hydrogens is 712 g/mol. The fraction of sp³-hybridized carbons (Fsp3) is 0. The highest BCUT2D eigenvalue weighted by Gasteiger charge is 2.43. The zero-order valence-electron chi connectivity index (χ0n) is 11.8. The SMILES string of the molecule is P[P-]P(P)P(P(P)P)P(P(P(P)P)P(P)P)P(P(P)P)P(P)P. The van der Waals surface area contributed by atoms with Crippen molar-refractivity contribution in [1.82, 2.24) is 0 Å². The van der Waals surface area contributed by atoms with E-state index in [2.05, 4.69) is 107 Å². The van der Waals surface area contributed by atoms with Crippen LogP contribution in [0, 0.1) is 0 Å². The van der Waals surface area contributed by atoms with E-state index in [-0.39, 0.29) is 69.9 Å². The molecule has 0 saturated carbocycles.